The summed E-state index contributed by atoms with van der Waals surface area (Å²) in [6.07, 6.45) is 0. The van der Waals surface area contributed by atoms with E-state index in [1.54, 1.807) is 24.3 Å². The molecule has 0 saturated carbocycles. The van der Waals surface area contributed by atoms with E-state index in [2.05, 4.69) is 14.1 Å². The molecule has 8 heteroatoms. The summed E-state index contributed by atoms with van der Waals surface area (Å²) in [5.41, 5.74) is 2.08. The summed E-state index contributed by atoms with van der Waals surface area (Å²) in [5.74, 6) is -1.03. The molecule has 0 aliphatic carbocycles. The summed E-state index contributed by atoms with van der Waals surface area (Å²) in [7, 11) is 0. The van der Waals surface area contributed by atoms with E-state index >= 15 is 0 Å². The van der Waals surface area contributed by atoms with Crippen LogP contribution >= 0.6 is 34.9 Å². The molecule has 1 heterocycles. The number of para-hydroxylation sites is 1. The van der Waals surface area contributed by atoms with Gasteiger partial charge in [0.1, 0.15) is 11.0 Å². The van der Waals surface area contributed by atoms with Crippen LogP contribution in [0.5, 0.6) is 0 Å². The Hall–Kier alpha value is -1.89. The maximum Gasteiger partial charge on any atom is 0.337 e. The van der Waals surface area contributed by atoms with Crippen LogP contribution in [0.1, 0.15) is 10.4 Å². The maximum atomic E-state index is 11.2. The number of carboxylic acids is 1. The molecule has 0 unspecified atom stereocenters. The number of hydrogen-bond acceptors (Lipinski definition) is 5. The summed E-state index contributed by atoms with van der Waals surface area (Å²) in [6, 6.07) is 8.09. The molecule has 0 radical (unpaired) electrons. The Morgan fingerprint density at radius 3 is 2.62 bits per heavy atom. The molecule has 0 aliphatic rings. The third-order valence-corrected chi connectivity index (χ3v) is 3.98. The number of benzene rings is 2. The molecule has 0 fully saturated rings. The zero-order chi connectivity index (χ0) is 15.0. The number of carboxylic acid groups (broad SMARTS) is 1. The monoisotopic (exact) mass is 339 g/mol. The summed E-state index contributed by atoms with van der Waals surface area (Å²) < 4.78 is 8.27. The van der Waals surface area contributed by atoms with Crippen LogP contribution in [0.2, 0.25) is 10.0 Å². The van der Waals surface area contributed by atoms with Crippen LogP contribution in [0, 0.1) is 0 Å². The van der Waals surface area contributed by atoms with E-state index in [0.717, 1.165) is 11.7 Å². The van der Waals surface area contributed by atoms with Crippen LogP contribution < -0.4 is 5.32 Å². The second kappa shape index (κ2) is 5.48. The van der Waals surface area contributed by atoms with Gasteiger partial charge in [-0.1, -0.05) is 35.3 Å². The average molecular weight is 340 g/mol. The molecule has 21 heavy (non-hydrogen) atoms. The molecule has 3 rings (SSSR count). The molecule has 0 bridgehead atoms. The van der Waals surface area contributed by atoms with Gasteiger partial charge >= 0.3 is 5.97 Å². The second-order valence-electron chi connectivity index (χ2n) is 4.15. The number of hydrogen-bond donors (Lipinski definition) is 2. The zero-order valence-electron chi connectivity index (χ0n) is 10.3. The zero-order valence-corrected chi connectivity index (χ0v) is 12.6. The lowest BCUT2D eigenvalue weighted by Gasteiger charge is -2.11. The first-order valence-corrected chi connectivity index (χ1v) is 7.26. The van der Waals surface area contributed by atoms with E-state index in [-0.39, 0.29) is 5.56 Å². The van der Waals surface area contributed by atoms with Gasteiger partial charge in [0.25, 0.3) is 0 Å². The predicted octanol–water partition coefficient (Wildman–Crippen LogP) is 4.44. The lowest BCUT2D eigenvalue weighted by atomic mass is 10.1. The van der Waals surface area contributed by atoms with E-state index in [1.165, 1.54) is 6.07 Å². The minimum atomic E-state index is -1.03. The number of anilines is 2. The van der Waals surface area contributed by atoms with Gasteiger partial charge in [-0.15, -0.1) is 0 Å². The van der Waals surface area contributed by atoms with Crippen molar-refractivity contribution in [2.45, 2.75) is 0 Å². The lowest BCUT2D eigenvalue weighted by molar-refractivity contribution is 0.0698. The summed E-state index contributed by atoms with van der Waals surface area (Å²) in [5, 5.41) is 13.0. The third-order valence-electron chi connectivity index (χ3n) is 2.86. The number of aromatic carboxylic acids is 1. The standard InChI is InChI=1S/C13H7Cl2N3O2S/c14-7-5-8(15)11-12(18-21-17-11)10(7)16-9-4-2-1-3-6(9)13(19)20/h1-5,16H,(H,19,20). The molecular weight excluding hydrogens is 333 g/mol. The van der Waals surface area contributed by atoms with Crippen molar-refractivity contribution in [2.75, 3.05) is 5.32 Å². The van der Waals surface area contributed by atoms with Gasteiger partial charge in [-0.05, 0) is 18.2 Å². The highest BCUT2D eigenvalue weighted by atomic mass is 35.5. The maximum absolute atomic E-state index is 11.2. The van der Waals surface area contributed by atoms with Crippen molar-refractivity contribution >= 4 is 63.3 Å². The fourth-order valence-corrected chi connectivity index (χ4v) is 3.07. The number of carbonyl (C=O) groups is 1. The Bertz CT molecular complexity index is 851. The highest BCUT2D eigenvalue weighted by molar-refractivity contribution is 7.00. The Morgan fingerprint density at radius 2 is 1.86 bits per heavy atom. The van der Waals surface area contributed by atoms with Crippen molar-refractivity contribution in [3.05, 3.63) is 45.9 Å². The normalized spacial score (nSPS) is 10.8. The third kappa shape index (κ3) is 2.53. The van der Waals surface area contributed by atoms with Crippen LogP contribution in [0.15, 0.2) is 30.3 Å². The highest BCUT2D eigenvalue weighted by Gasteiger charge is 2.16. The van der Waals surface area contributed by atoms with E-state index < -0.39 is 5.97 Å². The molecule has 2 aromatic carbocycles. The smallest absolute Gasteiger partial charge is 0.337 e. The molecule has 0 amide bonds. The number of nitrogens with one attached hydrogen (secondary N) is 1. The molecule has 5 nitrogen and oxygen atoms in total. The first kappa shape index (κ1) is 14.1. The van der Waals surface area contributed by atoms with Crippen LogP contribution in [0.4, 0.5) is 11.4 Å². The van der Waals surface area contributed by atoms with Crippen LogP contribution in [-0.2, 0) is 0 Å². The number of fused-ring (bicyclic) bond motifs is 1. The second-order valence-corrected chi connectivity index (χ2v) is 5.50. The summed E-state index contributed by atoms with van der Waals surface area (Å²) in [4.78, 5) is 11.2. The molecule has 0 atom stereocenters. The van der Waals surface area contributed by atoms with Crippen LogP contribution in [-0.4, -0.2) is 19.8 Å². The Balaban J connectivity index is 2.15. The van der Waals surface area contributed by atoms with Crippen molar-refractivity contribution in [3.8, 4) is 0 Å². The molecule has 106 valence electrons. The fraction of sp³-hybridized carbons (Fsp3) is 0. The van der Waals surface area contributed by atoms with E-state index in [4.69, 9.17) is 23.2 Å². The van der Waals surface area contributed by atoms with Gasteiger partial charge in [0.05, 0.1) is 38.7 Å². The number of rotatable bonds is 3. The van der Waals surface area contributed by atoms with E-state index in [9.17, 15) is 9.90 Å². The molecule has 3 aromatic rings. The van der Waals surface area contributed by atoms with Crippen molar-refractivity contribution in [1.29, 1.82) is 0 Å². The van der Waals surface area contributed by atoms with Gasteiger partial charge in [0.15, 0.2) is 0 Å². The fourth-order valence-electron chi connectivity index (χ4n) is 1.91. The molecular formula is C13H7Cl2N3O2S. The van der Waals surface area contributed by atoms with E-state index in [0.29, 0.717) is 32.5 Å². The quantitative estimate of drug-likeness (QED) is 0.737. The van der Waals surface area contributed by atoms with Crippen molar-refractivity contribution in [2.24, 2.45) is 0 Å². The predicted molar refractivity (Wildman–Crippen MR) is 84.1 cm³/mol. The van der Waals surface area contributed by atoms with Crippen molar-refractivity contribution in [3.63, 3.8) is 0 Å². The molecule has 1 aromatic heterocycles. The van der Waals surface area contributed by atoms with Gasteiger partial charge in [-0.2, -0.15) is 8.75 Å². The number of nitrogens with zero attached hydrogens (tertiary/aromatic N) is 2. The van der Waals surface area contributed by atoms with Gasteiger partial charge in [-0.25, -0.2) is 4.79 Å². The summed E-state index contributed by atoms with van der Waals surface area (Å²) >= 11 is 13.3. The Kier molecular flexibility index (Phi) is 3.67. The molecule has 0 spiro atoms. The molecule has 0 saturated heterocycles. The molecule has 2 N–H and O–H groups in total. The number of halogens is 2. The largest absolute Gasteiger partial charge is 0.478 e. The van der Waals surface area contributed by atoms with Gasteiger partial charge in [0.2, 0.25) is 0 Å². The van der Waals surface area contributed by atoms with Crippen molar-refractivity contribution < 1.29 is 9.90 Å². The topological polar surface area (TPSA) is 75.1 Å². The van der Waals surface area contributed by atoms with Gasteiger partial charge in [0, 0.05) is 0 Å². The van der Waals surface area contributed by atoms with Crippen LogP contribution in [0.3, 0.4) is 0 Å². The lowest BCUT2D eigenvalue weighted by Crippen LogP contribution is -2.03. The minimum Gasteiger partial charge on any atom is -0.478 e. The Labute approximate surface area is 133 Å². The van der Waals surface area contributed by atoms with Crippen LogP contribution in [0.25, 0.3) is 11.0 Å². The van der Waals surface area contributed by atoms with Gasteiger partial charge in [-0.3, -0.25) is 0 Å². The first-order valence-electron chi connectivity index (χ1n) is 5.77. The minimum absolute atomic E-state index is 0.139. The highest BCUT2D eigenvalue weighted by Crippen LogP contribution is 2.37. The van der Waals surface area contributed by atoms with E-state index in [1.807, 2.05) is 0 Å². The number of aromatic nitrogens is 2. The average Bonchev–Trinajstić information content (AvgIpc) is 2.93. The summed E-state index contributed by atoms with van der Waals surface area (Å²) in [6.45, 7) is 0. The SMILES string of the molecule is O=C(O)c1ccccc1Nc1c(Cl)cc(Cl)c2nsnc12. The first-order chi connectivity index (χ1) is 10.1. The van der Waals surface area contributed by atoms with Crippen molar-refractivity contribution in [1.82, 2.24) is 8.75 Å². The molecule has 0 aliphatic heterocycles. The van der Waals surface area contributed by atoms with Gasteiger partial charge < -0.3 is 10.4 Å². The Morgan fingerprint density at radius 1 is 1.14 bits per heavy atom.